The number of H-pyrrole nitrogens is 1. The summed E-state index contributed by atoms with van der Waals surface area (Å²) in [6.45, 7) is 2.60. The van der Waals surface area contributed by atoms with Gasteiger partial charge in [0.15, 0.2) is 5.82 Å². The molecule has 4 rings (SSSR count). The second-order valence-corrected chi connectivity index (χ2v) is 7.01. The van der Waals surface area contributed by atoms with Crippen LogP contribution in [0.4, 0.5) is 0 Å². The van der Waals surface area contributed by atoms with E-state index in [1.807, 2.05) is 43.3 Å². The molecule has 0 spiro atoms. The Bertz CT molecular complexity index is 1120. The third-order valence-electron chi connectivity index (χ3n) is 4.05. The molecule has 130 valence electrons. The fourth-order valence-electron chi connectivity index (χ4n) is 2.73. The van der Waals surface area contributed by atoms with Crippen LogP contribution in [0.15, 0.2) is 64.8 Å². The molecule has 0 aliphatic heterocycles. The smallest absolute Gasteiger partial charge is 0.261 e. The number of aryl methyl sites for hydroxylation is 2. The van der Waals surface area contributed by atoms with Gasteiger partial charge in [0.2, 0.25) is 5.16 Å². The summed E-state index contributed by atoms with van der Waals surface area (Å²) in [5.41, 5.74) is 2.89. The van der Waals surface area contributed by atoms with Crippen LogP contribution in [0.3, 0.4) is 0 Å². The lowest BCUT2D eigenvalue weighted by atomic mass is 10.1. The Kier molecular flexibility index (Phi) is 4.53. The molecule has 4 aromatic rings. The van der Waals surface area contributed by atoms with Gasteiger partial charge >= 0.3 is 0 Å². The number of hydrogen-bond donors (Lipinski definition) is 1. The normalized spacial score (nSPS) is 11.1. The van der Waals surface area contributed by atoms with Crippen molar-refractivity contribution in [3.05, 3.63) is 70.8 Å². The Morgan fingerprint density at radius 1 is 1.15 bits per heavy atom. The zero-order chi connectivity index (χ0) is 17.9. The first-order valence-electron chi connectivity index (χ1n) is 8.27. The van der Waals surface area contributed by atoms with E-state index in [9.17, 15) is 4.79 Å². The third-order valence-corrected chi connectivity index (χ3v) is 4.88. The molecule has 0 amide bonds. The lowest BCUT2D eigenvalue weighted by molar-refractivity contribution is 0.724. The molecule has 7 heteroatoms. The van der Waals surface area contributed by atoms with Crippen molar-refractivity contribution in [1.82, 2.24) is 24.7 Å². The number of thioether (sulfide) groups is 1. The zero-order valence-corrected chi connectivity index (χ0v) is 15.0. The number of benzene rings is 2. The highest BCUT2D eigenvalue weighted by Crippen LogP contribution is 2.20. The van der Waals surface area contributed by atoms with Gasteiger partial charge in [-0.1, -0.05) is 47.7 Å². The topological polar surface area (TPSA) is 76.5 Å². The summed E-state index contributed by atoms with van der Waals surface area (Å²) in [5.74, 6) is 1.44. The van der Waals surface area contributed by atoms with Gasteiger partial charge in [0.05, 0.1) is 17.2 Å². The summed E-state index contributed by atoms with van der Waals surface area (Å²) < 4.78 is 1.63. The maximum Gasteiger partial charge on any atom is 0.261 e. The summed E-state index contributed by atoms with van der Waals surface area (Å²) in [6.07, 6.45) is 1.60. The molecule has 0 saturated heterocycles. The fraction of sp³-hybridized carbons (Fsp3) is 0.158. The molecule has 0 aliphatic rings. The standard InChI is InChI=1S/C19H17N5OS/c1-13-5-4-6-14(11-13)17-21-19(23-22-17)26-10-9-24-12-20-16-8-3-2-7-15(16)18(24)25/h2-8,11-12H,9-10H2,1H3,(H,21,22,23). The van der Waals surface area contributed by atoms with Gasteiger partial charge in [0, 0.05) is 17.9 Å². The van der Waals surface area contributed by atoms with Crippen LogP contribution in [0.2, 0.25) is 0 Å². The molecule has 0 saturated carbocycles. The minimum Gasteiger partial charge on any atom is -0.298 e. The van der Waals surface area contributed by atoms with Crippen molar-refractivity contribution < 1.29 is 0 Å². The maximum atomic E-state index is 12.5. The summed E-state index contributed by atoms with van der Waals surface area (Å²) in [7, 11) is 0. The Morgan fingerprint density at radius 3 is 2.92 bits per heavy atom. The first-order valence-corrected chi connectivity index (χ1v) is 9.26. The number of aromatic nitrogens is 5. The molecular formula is C19H17N5OS. The first kappa shape index (κ1) is 16.5. The van der Waals surface area contributed by atoms with E-state index in [2.05, 4.69) is 26.2 Å². The van der Waals surface area contributed by atoms with Gasteiger partial charge in [-0.05, 0) is 25.1 Å². The van der Waals surface area contributed by atoms with Gasteiger partial charge in [-0.15, -0.1) is 5.10 Å². The van der Waals surface area contributed by atoms with E-state index in [1.54, 1.807) is 17.0 Å². The van der Waals surface area contributed by atoms with Gasteiger partial charge < -0.3 is 0 Å². The molecule has 6 nitrogen and oxygen atoms in total. The molecule has 0 fully saturated rings. The molecule has 26 heavy (non-hydrogen) atoms. The van der Waals surface area contributed by atoms with E-state index in [0.29, 0.717) is 22.8 Å². The summed E-state index contributed by atoms with van der Waals surface area (Å²) >= 11 is 1.51. The second-order valence-electron chi connectivity index (χ2n) is 5.94. The number of nitrogens with zero attached hydrogens (tertiary/aromatic N) is 4. The minimum atomic E-state index is -0.0216. The van der Waals surface area contributed by atoms with E-state index >= 15 is 0 Å². The van der Waals surface area contributed by atoms with Crippen LogP contribution in [0, 0.1) is 6.92 Å². The summed E-state index contributed by atoms with van der Waals surface area (Å²) in [4.78, 5) is 21.3. The number of para-hydroxylation sites is 1. The molecule has 0 aliphatic carbocycles. The van der Waals surface area contributed by atoms with Crippen molar-refractivity contribution in [3.8, 4) is 11.4 Å². The Morgan fingerprint density at radius 2 is 2.04 bits per heavy atom. The van der Waals surface area contributed by atoms with Crippen molar-refractivity contribution in [2.45, 2.75) is 18.6 Å². The quantitative estimate of drug-likeness (QED) is 0.551. The number of aromatic amines is 1. The van der Waals surface area contributed by atoms with Crippen molar-refractivity contribution in [2.75, 3.05) is 5.75 Å². The monoisotopic (exact) mass is 363 g/mol. The Hall–Kier alpha value is -2.93. The number of hydrogen-bond acceptors (Lipinski definition) is 5. The maximum absolute atomic E-state index is 12.5. The number of rotatable bonds is 5. The Labute approximate surface area is 154 Å². The van der Waals surface area contributed by atoms with E-state index in [4.69, 9.17) is 0 Å². The van der Waals surface area contributed by atoms with Crippen molar-refractivity contribution in [2.24, 2.45) is 0 Å². The largest absolute Gasteiger partial charge is 0.298 e. The molecule has 2 aromatic carbocycles. The predicted octanol–water partition coefficient (Wildman–Crippen LogP) is 3.28. The molecule has 0 unspecified atom stereocenters. The van der Waals surface area contributed by atoms with Crippen molar-refractivity contribution >= 4 is 22.7 Å². The SMILES string of the molecule is Cc1cccc(-c2nc(SCCn3cnc4ccccc4c3=O)n[nH]2)c1. The van der Waals surface area contributed by atoms with E-state index in [0.717, 1.165) is 16.9 Å². The van der Waals surface area contributed by atoms with Gasteiger partial charge in [-0.25, -0.2) is 9.97 Å². The lowest BCUT2D eigenvalue weighted by Gasteiger charge is -2.05. The highest BCUT2D eigenvalue weighted by atomic mass is 32.2. The van der Waals surface area contributed by atoms with Crippen LogP contribution in [-0.4, -0.2) is 30.5 Å². The molecule has 0 bridgehead atoms. The van der Waals surface area contributed by atoms with Crippen LogP contribution < -0.4 is 5.56 Å². The predicted molar refractivity (Wildman–Crippen MR) is 103 cm³/mol. The van der Waals surface area contributed by atoms with Crippen LogP contribution in [0.25, 0.3) is 22.3 Å². The zero-order valence-electron chi connectivity index (χ0n) is 14.2. The summed E-state index contributed by atoms with van der Waals surface area (Å²) in [6, 6.07) is 15.5. The fourth-order valence-corrected chi connectivity index (χ4v) is 3.47. The molecule has 2 aromatic heterocycles. The molecule has 0 atom stereocenters. The second kappa shape index (κ2) is 7.13. The lowest BCUT2D eigenvalue weighted by Crippen LogP contribution is -2.21. The van der Waals surface area contributed by atoms with Crippen LogP contribution >= 0.6 is 11.8 Å². The number of fused-ring (bicyclic) bond motifs is 1. The first-order chi connectivity index (χ1) is 12.7. The minimum absolute atomic E-state index is 0.0216. The van der Waals surface area contributed by atoms with E-state index in [-0.39, 0.29) is 5.56 Å². The molecule has 0 radical (unpaired) electrons. The van der Waals surface area contributed by atoms with Gasteiger partial charge in [-0.3, -0.25) is 14.5 Å². The van der Waals surface area contributed by atoms with Crippen LogP contribution in [0.1, 0.15) is 5.56 Å². The third kappa shape index (κ3) is 3.39. The molecule has 1 N–H and O–H groups in total. The van der Waals surface area contributed by atoms with Gasteiger partial charge in [0.25, 0.3) is 5.56 Å². The van der Waals surface area contributed by atoms with Gasteiger partial charge in [-0.2, -0.15) is 0 Å². The van der Waals surface area contributed by atoms with Crippen LogP contribution in [0.5, 0.6) is 0 Å². The Balaban J connectivity index is 1.44. The van der Waals surface area contributed by atoms with Crippen LogP contribution in [-0.2, 0) is 6.54 Å². The van der Waals surface area contributed by atoms with Crippen molar-refractivity contribution in [1.29, 1.82) is 0 Å². The average molecular weight is 363 g/mol. The van der Waals surface area contributed by atoms with Crippen molar-refractivity contribution in [3.63, 3.8) is 0 Å². The van der Waals surface area contributed by atoms with E-state index in [1.165, 1.54) is 17.3 Å². The highest BCUT2D eigenvalue weighted by Gasteiger charge is 2.08. The highest BCUT2D eigenvalue weighted by molar-refractivity contribution is 7.99. The van der Waals surface area contributed by atoms with Gasteiger partial charge in [0.1, 0.15) is 0 Å². The van der Waals surface area contributed by atoms with E-state index < -0.39 is 0 Å². The molecular weight excluding hydrogens is 346 g/mol. The molecule has 2 heterocycles. The average Bonchev–Trinajstić information content (AvgIpc) is 3.13. The number of nitrogens with one attached hydrogen (secondary N) is 1. The summed E-state index contributed by atoms with van der Waals surface area (Å²) in [5, 5.41) is 8.53.